The van der Waals surface area contributed by atoms with Crippen molar-refractivity contribution in [3.8, 4) is 17.2 Å². The molecule has 0 spiro atoms. The third-order valence-corrected chi connectivity index (χ3v) is 5.56. The number of hydrogen-bond acceptors (Lipinski definition) is 7. The van der Waals surface area contributed by atoms with Crippen molar-refractivity contribution in [2.75, 3.05) is 11.8 Å². The number of halogens is 1. The van der Waals surface area contributed by atoms with Crippen molar-refractivity contribution < 1.29 is 28.7 Å². The lowest BCUT2D eigenvalue weighted by molar-refractivity contribution is -0.385. The van der Waals surface area contributed by atoms with Crippen LogP contribution in [0.1, 0.15) is 11.1 Å². The van der Waals surface area contributed by atoms with Crippen LogP contribution in [0.2, 0.25) is 5.02 Å². The van der Waals surface area contributed by atoms with Gasteiger partial charge < -0.3 is 14.2 Å². The minimum atomic E-state index is -0.643. The number of anilines is 1. The normalized spacial score (nSPS) is 15.5. The predicted molar refractivity (Wildman–Crippen MR) is 125 cm³/mol. The number of carbonyl (C=O) groups is 2. The van der Waals surface area contributed by atoms with Gasteiger partial charge in [0.1, 0.15) is 12.2 Å². The number of ether oxygens (including phenoxy) is 3. The Hall–Kier alpha value is -4.57. The Morgan fingerprint density at radius 3 is 2.63 bits per heavy atom. The smallest absolute Gasteiger partial charge is 0.313 e. The molecule has 2 heterocycles. The third kappa shape index (κ3) is 4.34. The molecular weight excluding hydrogens is 478 g/mol. The number of hydrazine groups is 1. The maximum atomic E-state index is 12.8. The van der Waals surface area contributed by atoms with Gasteiger partial charge in [0.2, 0.25) is 12.5 Å². The minimum absolute atomic E-state index is 0.00936. The van der Waals surface area contributed by atoms with Crippen molar-refractivity contribution in [1.82, 2.24) is 5.43 Å². The van der Waals surface area contributed by atoms with Crippen molar-refractivity contribution >= 4 is 40.9 Å². The van der Waals surface area contributed by atoms with E-state index in [0.717, 1.165) is 5.01 Å². The molecular formula is C24H16ClN3O7. The van der Waals surface area contributed by atoms with Crippen LogP contribution >= 0.6 is 11.6 Å². The van der Waals surface area contributed by atoms with Crippen LogP contribution in [-0.4, -0.2) is 23.5 Å². The third-order valence-electron chi connectivity index (χ3n) is 5.28. The standard InChI is InChI=1S/C24H16ClN3O7/c25-18-9-15(8-17-23(29)26-27(24(17)30)16-4-2-1-3-5-16)10-19(28(31)32)22(18)33-12-14-6-7-20-21(11-14)35-13-34-20/h1-11H,12-13H2,(H,26,29)/b17-8-. The molecule has 2 aliphatic rings. The lowest BCUT2D eigenvalue weighted by Crippen LogP contribution is -2.35. The summed E-state index contributed by atoms with van der Waals surface area (Å²) >= 11 is 6.32. The van der Waals surface area contributed by atoms with Crippen molar-refractivity contribution in [1.29, 1.82) is 0 Å². The van der Waals surface area contributed by atoms with Gasteiger partial charge in [0.15, 0.2) is 11.5 Å². The quantitative estimate of drug-likeness (QED) is 0.238. The number of carbonyl (C=O) groups excluding carboxylic acids is 2. The van der Waals surface area contributed by atoms with E-state index in [9.17, 15) is 19.7 Å². The second-order valence-corrected chi connectivity index (χ2v) is 7.97. The van der Waals surface area contributed by atoms with Gasteiger partial charge in [-0.15, -0.1) is 0 Å². The number of para-hydroxylation sites is 1. The number of fused-ring (bicyclic) bond motifs is 1. The number of nitrogens with zero attached hydrogens (tertiary/aromatic N) is 2. The number of hydrogen-bond donors (Lipinski definition) is 1. The van der Waals surface area contributed by atoms with Crippen molar-refractivity contribution in [3.05, 3.63) is 92.5 Å². The number of nitro benzene ring substituents is 1. The Morgan fingerprint density at radius 2 is 1.86 bits per heavy atom. The van der Waals surface area contributed by atoms with Crippen LogP contribution in [0, 0.1) is 10.1 Å². The minimum Gasteiger partial charge on any atom is -0.481 e. The fourth-order valence-corrected chi connectivity index (χ4v) is 3.91. The molecule has 1 N–H and O–H groups in total. The summed E-state index contributed by atoms with van der Waals surface area (Å²) < 4.78 is 16.3. The van der Waals surface area contributed by atoms with Gasteiger partial charge in [0.05, 0.1) is 15.6 Å². The van der Waals surface area contributed by atoms with E-state index in [1.165, 1.54) is 18.2 Å². The van der Waals surface area contributed by atoms with Gasteiger partial charge in [-0.05, 0) is 47.5 Å². The zero-order chi connectivity index (χ0) is 24.5. The first-order chi connectivity index (χ1) is 16.9. The van der Waals surface area contributed by atoms with E-state index in [1.54, 1.807) is 48.5 Å². The van der Waals surface area contributed by atoms with E-state index in [2.05, 4.69) is 5.43 Å². The molecule has 0 bridgehead atoms. The van der Waals surface area contributed by atoms with Crippen molar-refractivity contribution in [2.45, 2.75) is 6.61 Å². The molecule has 1 saturated heterocycles. The van der Waals surface area contributed by atoms with E-state index < -0.39 is 22.4 Å². The van der Waals surface area contributed by atoms with Gasteiger partial charge in [-0.1, -0.05) is 35.9 Å². The number of nitro groups is 1. The predicted octanol–water partition coefficient (Wildman–Crippen LogP) is 4.02. The number of amides is 2. The van der Waals surface area contributed by atoms with Crippen LogP contribution in [0.5, 0.6) is 17.2 Å². The Morgan fingerprint density at radius 1 is 1.09 bits per heavy atom. The highest BCUT2D eigenvalue weighted by Gasteiger charge is 2.34. The van der Waals surface area contributed by atoms with Crippen LogP contribution in [0.15, 0.2) is 66.2 Å². The fraction of sp³-hybridized carbons (Fsp3) is 0.0833. The molecule has 10 nitrogen and oxygen atoms in total. The average molecular weight is 494 g/mol. The molecule has 35 heavy (non-hydrogen) atoms. The van der Waals surface area contributed by atoms with Gasteiger partial charge in [0, 0.05) is 6.07 Å². The summed E-state index contributed by atoms with van der Waals surface area (Å²) in [6, 6.07) is 16.3. The maximum absolute atomic E-state index is 12.8. The lowest BCUT2D eigenvalue weighted by Gasteiger charge is -2.13. The molecule has 0 aliphatic carbocycles. The van der Waals surface area contributed by atoms with Crippen LogP contribution < -0.4 is 24.6 Å². The van der Waals surface area contributed by atoms with Crippen LogP contribution in [0.3, 0.4) is 0 Å². The molecule has 11 heteroatoms. The van der Waals surface area contributed by atoms with E-state index in [1.807, 2.05) is 0 Å². The van der Waals surface area contributed by atoms with Crippen LogP contribution in [0.4, 0.5) is 11.4 Å². The summed E-state index contributed by atoms with van der Waals surface area (Å²) in [5.74, 6) is -0.210. The van der Waals surface area contributed by atoms with E-state index in [0.29, 0.717) is 22.7 Å². The Bertz CT molecular complexity index is 1390. The number of nitrogens with one attached hydrogen (secondary N) is 1. The van der Waals surface area contributed by atoms with Gasteiger partial charge in [-0.25, -0.2) is 5.01 Å². The van der Waals surface area contributed by atoms with E-state index in [4.69, 9.17) is 25.8 Å². The first kappa shape index (κ1) is 22.2. The van der Waals surface area contributed by atoms with Gasteiger partial charge >= 0.3 is 5.69 Å². The summed E-state index contributed by atoms with van der Waals surface area (Å²) in [6.07, 6.45) is 1.25. The average Bonchev–Trinajstić information content (AvgIpc) is 3.43. The molecule has 1 fully saturated rings. The zero-order valence-electron chi connectivity index (χ0n) is 17.9. The SMILES string of the molecule is O=C1NN(c2ccccc2)C(=O)/C1=C\c1cc(Cl)c(OCc2ccc3c(c2)OCO3)c([N+](=O)[O-])c1. The molecule has 0 unspecified atom stereocenters. The second-order valence-electron chi connectivity index (χ2n) is 7.56. The molecule has 3 aromatic rings. The first-order valence-electron chi connectivity index (χ1n) is 10.3. The lowest BCUT2D eigenvalue weighted by atomic mass is 10.1. The second kappa shape index (κ2) is 8.99. The zero-order valence-corrected chi connectivity index (χ0v) is 18.7. The van der Waals surface area contributed by atoms with Crippen molar-refractivity contribution in [2.24, 2.45) is 0 Å². The molecule has 0 radical (unpaired) electrons. The van der Waals surface area contributed by atoms with Gasteiger partial charge in [-0.3, -0.25) is 25.1 Å². The van der Waals surface area contributed by atoms with Gasteiger partial charge in [0.25, 0.3) is 11.8 Å². The Kier molecular flexibility index (Phi) is 5.71. The van der Waals surface area contributed by atoms with E-state index in [-0.39, 0.29) is 35.3 Å². The highest BCUT2D eigenvalue weighted by Crippen LogP contribution is 2.38. The molecule has 176 valence electrons. The summed E-state index contributed by atoms with van der Waals surface area (Å²) in [5.41, 5.74) is 3.25. The molecule has 0 atom stereocenters. The molecule has 0 aromatic heterocycles. The Balaban J connectivity index is 1.41. The Labute approximate surface area is 203 Å². The van der Waals surface area contributed by atoms with Crippen LogP contribution in [-0.2, 0) is 16.2 Å². The summed E-state index contributed by atoms with van der Waals surface area (Å²) in [7, 11) is 0. The topological polar surface area (TPSA) is 120 Å². The van der Waals surface area contributed by atoms with Crippen molar-refractivity contribution in [3.63, 3.8) is 0 Å². The maximum Gasteiger partial charge on any atom is 0.313 e. The summed E-state index contributed by atoms with van der Waals surface area (Å²) in [5, 5.41) is 12.8. The fourth-order valence-electron chi connectivity index (χ4n) is 3.63. The summed E-state index contributed by atoms with van der Waals surface area (Å²) in [4.78, 5) is 36.3. The molecule has 0 saturated carbocycles. The van der Waals surface area contributed by atoms with Gasteiger partial charge in [-0.2, -0.15) is 0 Å². The van der Waals surface area contributed by atoms with E-state index >= 15 is 0 Å². The number of rotatable bonds is 6. The molecule has 3 aromatic carbocycles. The molecule has 2 aliphatic heterocycles. The first-order valence-corrected chi connectivity index (χ1v) is 10.7. The largest absolute Gasteiger partial charge is 0.481 e. The highest BCUT2D eigenvalue weighted by atomic mass is 35.5. The van der Waals surface area contributed by atoms with Crippen LogP contribution in [0.25, 0.3) is 6.08 Å². The molecule has 5 rings (SSSR count). The monoisotopic (exact) mass is 493 g/mol. The molecule has 2 amide bonds. The summed E-state index contributed by atoms with van der Waals surface area (Å²) in [6.45, 7) is 0.113. The number of benzene rings is 3. The highest BCUT2D eigenvalue weighted by molar-refractivity contribution is 6.33.